The van der Waals surface area contributed by atoms with E-state index in [0.29, 0.717) is 17.8 Å². The molecule has 0 spiro atoms. The van der Waals surface area contributed by atoms with Crippen LogP contribution >= 0.6 is 0 Å². The van der Waals surface area contributed by atoms with Crippen molar-refractivity contribution in [2.45, 2.75) is 18.0 Å². The Labute approximate surface area is 194 Å². The van der Waals surface area contributed by atoms with Gasteiger partial charge in [-0.05, 0) is 47.5 Å². The number of carbonyl (C=O) groups is 1. The van der Waals surface area contributed by atoms with Crippen LogP contribution in [-0.2, 0) is 27.8 Å². The number of morpholine rings is 1. The summed E-state index contributed by atoms with van der Waals surface area (Å²) in [6, 6.07) is 22.6. The first-order valence-electron chi connectivity index (χ1n) is 10.8. The Morgan fingerprint density at radius 2 is 1.48 bits per heavy atom. The predicted octanol–water partition coefficient (Wildman–Crippen LogP) is 3.25. The number of carbonyl (C=O) groups excluding carboxylic acids is 1. The average molecular weight is 466 g/mol. The van der Waals surface area contributed by atoms with E-state index in [1.807, 2.05) is 18.2 Å². The lowest BCUT2D eigenvalue weighted by atomic mass is 10.1. The Morgan fingerprint density at radius 1 is 0.848 bits per heavy atom. The van der Waals surface area contributed by atoms with Crippen molar-refractivity contribution in [2.75, 3.05) is 31.0 Å². The van der Waals surface area contributed by atoms with Crippen molar-refractivity contribution >= 4 is 21.6 Å². The zero-order chi connectivity index (χ0) is 23.1. The second-order valence-electron chi connectivity index (χ2n) is 7.84. The molecular formula is C25H27N3O4S. The van der Waals surface area contributed by atoms with Gasteiger partial charge in [0.25, 0.3) is 15.9 Å². The number of sulfonamides is 1. The molecule has 7 nitrogen and oxygen atoms in total. The van der Waals surface area contributed by atoms with Crippen LogP contribution in [0.3, 0.4) is 0 Å². The Kier molecular flexibility index (Phi) is 7.39. The summed E-state index contributed by atoms with van der Waals surface area (Å²) in [6.07, 6.45) is 0. The quantitative estimate of drug-likeness (QED) is 0.533. The SMILES string of the molecule is O=C(NCc1ccccc1CN1CCOCC1)c1ccc(NS(=O)(=O)c2ccccc2)cc1. The maximum Gasteiger partial charge on any atom is 0.261 e. The van der Waals surface area contributed by atoms with E-state index in [-0.39, 0.29) is 10.8 Å². The smallest absolute Gasteiger partial charge is 0.261 e. The van der Waals surface area contributed by atoms with Crippen molar-refractivity contribution in [3.63, 3.8) is 0 Å². The highest BCUT2D eigenvalue weighted by Gasteiger charge is 2.15. The maximum absolute atomic E-state index is 12.7. The van der Waals surface area contributed by atoms with Gasteiger partial charge >= 0.3 is 0 Å². The molecule has 172 valence electrons. The zero-order valence-corrected chi connectivity index (χ0v) is 19.1. The van der Waals surface area contributed by atoms with Gasteiger partial charge in [-0.1, -0.05) is 42.5 Å². The van der Waals surface area contributed by atoms with Gasteiger partial charge in [0.15, 0.2) is 0 Å². The Morgan fingerprint density at radius 3 is 2.18 bits per heavy atom. The van der Waals surface area contributed by atoms with Gasteiger partial charge in [0.05, 0.1) is 18.1 Å². The number of ether oxygens (including phenoxy) is 1. The minimum atomic E-state index is -3.67. The molecule has 1 aliphatic heterocycles. The minimum Gasteiger partial charge on any atom is -0.379 e. The fourth-order valence-electron chi connectivity index (χ4n) is 3.67. The summed E-state index contributed by atoms with van der Waals surface area (Å²) in [4.78, 5) is 15.2. The number of rotatable bonds is 8. The van der Waals surface area contributed by atoms with Crippen LogP contribution in [0.5, 0.6) is 0 Å². The Hall–Kier alpha value is -3.20. The van der Waals surface area contributed by atoms with Crippen molar-refractivity contribution in [3.8, 4) is 0 Å². The van der Waals surface area contributed by atoms with Crippen LogP contribution in [0.4, 0.5) is 5.69 Å². The third kappa shape index (κ3) is 6.19. The van der Waals surface area contributed by atoms with Gasteiger partial charge < -0.3 is 10.1 Å². The molecule has 8 heteroatoms. The summed E-state index contributed by atoms with van der Waals surface area (Å²) in [5.41, 5.74) is 3.12. The first-order valence-corrected chi connectivity index (χ1v) is 12.3. The van der Waals surface area contributed by atoms with Gasteiger partial charge in [0, 0.05) is 37.4 Å². The fourth-order valence-corrected chi connectivity index (χ4v) is 4.74. The molecule has 2 N–H and O–H groups in total. The fraction of sp³-hybridized carbons (Fsp3) is 0.240. The highest BCUT2D eigenvalue weighted by atomic mass is 32.2. The van der Waals surface area contributed by atoms with E-state index in [1.54, 1.807) is 42.5 Å². The van der Waals surface area contributed by atoms with Gasteiger partial charge in [-0.3, -0.25) is 14.4 Å². The van der Waals surface area contributed by atoms with Gasteiger partial charge in [0.1, 0.15) is 0 Å². The average Bonchev–Trinajstić information content (AvgIpc) is 2.85. The van der Waals surface area contributed by atoms with E-state index in [9.17, 15) is 13.2 Å². The van der Waals surface area contributed by atoms with Crippen LogP contribution in [0.1, 0.15) is 21.5 Å². The van der Waals surface area contributed by atoms with Crippen LogP contribution in [0.25, 0.3) is 0 Å². The number of hydrogen-bond acceptors (Lipinski definition) is 5. The lowest BCUT2D eigenvalue weighted by Gasteiger charge is -2.27. The molecule has 1 amide bonds. The van der Waals surface area contributed by atoms with Crippen LogP contribution in [0.15, 0.2) is 83.8 Å². The number of benzene rings is 3. The van der Waals surface area contributed by atoms with Gasteiger partial charge in [0.2, 0.25) is 0 Å². The third-order valence-electron chi connectivity index (χ3n) is 5.51. The van der Waals surface area contributed by atoms with Crippen LogP contribution in [-0.4, -0.2) is 45.5 Å². The summed E-state index contributed by atoms with van der Waals surface area (Å²) in [6.45, 7) is 4.54. The highest BCUT2D eigenvalue weighted by Crippen LogP contribution is 2.17. The number of anilines is 1. The van der Waals surface area contributed by atoms with Crippen LogP contribution in [0.2, 0.25) is 0 Å². The van der Waals surface area contributed by atoms with Crippen molar-refractivity contribution in [3.05, 3.63) is 95.6 Å². The van der Waals surface area contributed by atoms with Crippen LogP contribution in [0, 0.1) is 0 Å². The van der Waals surface area contributed by atoms with Crippen molar-refractivity contribution in [1.29, 1.82) is 0 Å². The first kappa shape index (κ1) is 23.0. The topological polar surface area (TPSA) is 87.7 Å². The Bertz CT molecular complexity index is 1180. The molecule has 0 atom stereocenters. The molecule has 1 fully saturated rings. The molecule has 3 aromatic carbocycles. The van der Waals surface area contributed by atoms with E-state index in [2.05, 4.69) is 21.0 Å². The normalized spacial score (nSPS) is 14.5. The highest BCUT2D eigenvalue weighted by molar-refractivity contribution is 7.92. The van der Waals surface area contributed by atoms with Crippen LogP contribution < -0.4 is 10.0 Å². The molecule has 33 heavy (non-hydrogen) atoms. The summed E-state index contributed by atoms with van der Waals surface area (Å²) in [5, 5.41) is 2.97. The minimum absolute atomic E-state index is 0.183. The van der Waals surface area contributed by atoms with Crippen molar-refractivity contribution in [1.82, 2.24) is 10.2 Å². The van der Waals surface area contributed by atoms with E-state index in [4.69, 9.17) is 4.74 Å². The van der Waals surface area contributed by atoms with E-state index in [1.165, 1.54) is 17.7 Å². The standard InChI is InChI=1S/C25H27N3O4S/c29-25(26-18-21-6-4-5-7-22(21)19-28-14-16-32-17-15-28)20-10-12-23(13-11-20)27-33(30,31)24-8-2-1-3-9-24/h1-13,27H,14-19H2,(H,26,29). The number of amides is 1. The zero-order valence-electron chi connectivity index (χ0n) is 18.2. The van der Waals surface area contributed by atoms with Crippen molar-refractivity contribution in [2.24, 2.45) is 0 Å². The maximum atomic E-state index is 12.7. The summed E-state index contributed by atoms with van der Waals surface area (Å²) in [7, 11) is -3.67. The summed E-state index contributed by atoms with van der Waals surface area (Å²) in [5.74, 6) is -0.214. The second-order valence-corrected chi connectivity index (χ2v) is 9.52. The van der Waals surface area contributed by atoms with Crippen molar-refractivity contribution < 1.29 is 17.9 Å². The number of nitrogens with one attached hydrogen (secondary N) is 2. The molecule has 0 aromatic heterocycles. The van der Waals surface area contributed by atoms with E-state index in [0.717, 1.165) is 38.4 Å². The molecule has 3 aromatic rings. The van der Waals surface area contributed by atoms with Gasteiger partial charge in [-0.2, -0.15) is 0 Å². The molecule has 1 saturated heterocycles. The lowest BCUT2D eigenvalue weighted by molar-refractivity contribution is 0.0340. The first-order chi connectivity index (χ1) is 16.0. The molecule has 4 rings (SSSR count). The third-order valence-corrected chi connectivity index (χ3v) is 6.91. The molecule has 0 saturated carbocycles. The summed E-state index contributed by atoms with van der Waals surface area (Å²) < 4.78 is 32.9. The number of hydrogen-bond donors (Lipinski definition) is 2. The molecule has 0 aliphatic carbocycles. The molecule has 0 radical (unpaired) electrons. The molecule has 0 unspecified atom stereocenters. The van der Waals surface area contributed by atoms with E-state index >= 15 is 0 Å². The van der Waals surface area contributed by atoms with E-state index < -0.39 is 10.0 Å². The molecular weight excluding hydrogens is 438 g/mol. The molecule has 1 heterocycles. The monoisotopic (exact) mass is 465 g/mol. The van der Waals surface area contributed by atoms with Gasteiger partial charge in [-0.25, -0.2) is 8.42 Å². The lowest BCUT2D eigenvalue weighted by Crippen LogP contribution is -2.36. The Balaban J connectivity index is 1.36. The summed E-state index contributed by atoms with van der Waals surface area (Å²) >= 11 is 0. The number of nitrogens with zero attached hydrogens (tertiary/aromatic N) is 1. The molecule has 1 aliphatic rings. The largest absolute Gasteiger partial charge is 0.379 e. The molecule has 0 bridgehead atoms. The second kappa shape index (κ2) is 10.6. The van der Waals surface area contributed by atoms with Gasteiger partial charge in [-0.15, -0.1) is 0 Å². The predicted molar refractivity (Wildman–Crippen MR) is 127 cm³/mol.